The van der Waals surface area contributed by atoms with Gasteiger partial charge in [0.1, 0.15) is 5.76 Å². The number of rotatable bonds is 4. The summed E-state index contributed by atoms with van der Waals surface area (Å²) in [4.78, 5) is 16.3. The summed E-state index contributed by atoms with van der Waals surface area (Å²) in [6, 6.07) is 3.76. The van der Waals surface area contributed by atoms with Crippen molar-refractivity contribution >= 4 is 5.69 Å². The fourth-order valence-electron chi connectivity index (χ4n) is 2.99. The standard InChI is InChI=1S/C16H21N5O2/c1-19-16(22)9-14(10-17-19)21-6-4-20(5-7-21)11-13-8-15(23-18-13)12-2-3-12/h8-10,12H,2-7,11H2,1H3. The molecule has 0 N–H and O–H groups in total. The van der Waals surface area contributed by atoms with E-state index in [1.807, 2.05) is 0 Å². The van der Waals surface area contributed by atoms with Crippen LogP contribution in [0.1, 0.15) is 30.2 Å². The van der Waals surface area contributed by atoms with Crippen LogP contribution in [-0.4, -0.2) is 46.0 Å². The number of anilines is 1. The molecule has 0 atom stereocenters. The SMILES string of the molecule is Cn1ncc(N2CCN(Cc3cc(C4CC4)on3)CC2)cc1=O. The minimum absolute atomic E-state index is 0.0693. The maximum Gasteiger partial charge on any atom is 0.268 e. The Hall–Kier alpha value is -2.15. The molecule has 7 heteroatoms. The molecule has 0 bridgehead atoms. The lowest BCUT2D eigenvalue weighted by Crippen LogP contribution is -2.46. The maximum absolute atomic E-state index is 11.7. The quantitative estimate of drug-likeness (QED) is 0.837. The van der Waals surface area contributed by atoms with Crippen LogP contribution in [0.2, 0.25) is 0 Å². The summed E-state index contributed by atoms with van der Waals surface area (Å²) in [5.74, 6) is 1.66. The number of hydrogen-bond donors (Lipinski definition) is 0. The molecule has 4 rings (SSSR count). The van der Waals surface area contributed by atoms with E-state index in [1.54, 1.807) is 19.3 Å². The monoisotopic (exact) mass is 315 g/mol. The molecule has 7 nitrogen and oxygen atoms in total. The highest BCUT2D eigenvalue weighted by atomic mass is 16.5. The third-order valence-corrected chi connectivity index (χ3v) is 4.63. The molecule has 1 aliphatic carbocycles. The van der Waals surface area contributed by atoms with Crippen molar-refractivity contribution < 1.29 is 4.52 Å². The van der Waals surface area contributed by atoms with Crippen LogP contribution in [0, 0.1) is 0 Å². The van der Waals surface area contributed by atoms with Gasteiger partial charge in [0.15, 0.2) is 0 Å². The van der Waals surface area contributed by atoms with Crippen molar-refractivity contribution in [3.05, 3.63) is 40.1 Å². The molecule has 3 heterocycles. The van der Waals surface area contributed by atoms with E-state index >= 15 is 0 Å². The van der Waals surface area contributed by atoms with Crippen molar-refractivity contribution in [2.45, 2.75) is 25.3 Å². The second-order valence-corrected chi connectivity index (χ2v) is 6.43. The molecule has 1 aliphatic heterocycles. The zero-order valence-electron chi connectivity index (χ0n) is 13.3. The van der Waals surface area contributed by atoms with Gasteiger partial charge >= 0.3 is 0 Å². The van der Waals surface area contributed by atoms with Crippen molar-refractivity contribution in [1.29, 1.82) is 0 Å². The fourth-order valence-corrected chi connectivity index (χ4v) is 2.99. The molecule has 2 aliphatic rings. The van der Waals surface area contributed by atoms with E-state index in [-0.39, 0.29) is 5.56 Å². The van der Waals surface area contributed by atoms with Gasteiger partial charge < -0.3 is 9.42 Å². The Balaban J connectivity index is 1.34. The van der Waals surface area contributed by atoms with Gasteiger partial charge in [-0.15, -0.1) is 0 Å². The lowest BCUT2D eigenvalue weighted by atomic mass is 10.2. The zero-order valence-corrected chi connectivity index (χ0v) is 13.3. The molecule has 0 radical (unpaired) electrons. The van der Waals surface area contributed by atoms with Gasteiger partial charge in [0, 0.05) is 57.8 Å². The van der Waals surface area contributed by atoms with E-state index in [0.29, 0.717) is 5.92 Å². The first kappa shape index (κ1) is 14.4. The molecule has 122 valence electrons. The number of aryl methyl sites for hydroxylation is 1. The second kappa shape index (κ2) is 5.81. The Labute approximate surface area is 134 Å². The van der Waals surface area contributed by atoms with E-state index in [0.717, 1.165) is 49.9 Å². The Morgan fingerprint density at radius 2 is 2.00 bits per heavy atom. The van der Waals surface area contributed by atoms with Gasteiger partial charge in [-0.2, -0.15) is 5.10 Å². The average Bonchev–Trinajstić information content (AvgIpc) is 3.31. The first-order chi connectivity index (χ1) is 11.2. The molecule has 0 aromatic carbocycles. The van der Waals surface area contributed by atoms with E-state index in [1.165, 1.54) is 17.5 Å². The Morgan fingerprint density at radius 3 is 2.70 bits per heavy atom. The molecule has 2 aromatic heterocycles. The van der Waals surface area contributed by atoms with Gasteiger partial charge in [-0.25, -0.2) is 4.68 Å². The van der Waals surface area contributed by atoms with Crippen LogP contribution in [0.15, 0.2) is 27.6 Å². The highest BCUT2D eigenvalue weighted by Crippen LogP contribution is 2.40. The summed E-state index contributed by atoms with van der Waals surface area (Å²) in [6.07, 6.45) is 4.23. The molecule has 2 fully saturated rings. The van der Waals surface area contributed by atoms with Crippen LogP contribution in [-0.2, 0) is 13.6 Å². The first-order valence-corrected chi connectivity index (χ1v) is 8.15. The molecule has 0 unspecified atom stereocenters. The predicted octanol–water partition coefficient (Wildman–Crippen LogP) is 0.968. The Kier molecular flexibility index (Phi) is 3.65. The van der Waals surface area contributed by atoms with Crippen LogP contribution >= 0.6 is 0 Å². The molecule has 23 heavy (non-hydrogen) atoms. The number of nitrogens with zero attached hydrogens (tertiary/aromatic N) is 5. The maximum atomic E-state index is 11.7. The highest BCUT2D eigenvalue weighted by molar-refractivity contribution is 5.43. The van der Waals surface area contributed by atoms with E-state index in [9.17, 15) is 4.79 Å². The van der Waals surface area contributed by atoms with E-state index in [2.05, 4.69) is 26.1 Å². The van der Waals surface area contributed by atoms with E-state index in [4.69, 9.17) is 4.52 Å². The van der Waals surface area contributed by atoms with Gasteiger partial charge in [-0.05, 0) is 12.8 Å². The third-order valence-electron chi connectivity index (χ3n) is 4.63. The smallest absolute Gasteiger partial charge is 0.268 e. The van der Waals surface area contributed by atoms with Gasteiger partial charge in [0.05, 0.1) is 17.6 Å². The van der Waals surface area contributed by atoms with Crippen molar-refractivity contribution in [2.24, 2.45) is 7.05 Å². The lowest BCUT2D eigenvalue weighted by Gasteiger charge is -2.35. The lowest BCUT2D eigenvalue weighted by molar-refractivity contribution is 0.241. The van der Waals surface area contributed by atoms with Gasteiger partial charge in [0.2, 0.25) is 0 Å². The highest BCUT2D eigenvalue weighted by Gasteiger charge is 2.28. The molecule has 1 saturated heterocycles. The summed E-state index contributed by atoms with van der Waals surface area (Å²) >= 11 is 0. The topological polar surface area (TPSA) is 67.4 Å². The summed E-state index contributed by atoms with van der Waals surface area (Å²) in [5.41, 5.74) is 1.86. The third kappa shape index (κ3) is 3.14. The van der Waals surface area contributed by atoms with Crippen LogP contribution < -0.4 is 10.5 Å². The van der Waals surface area contributed by atoms with Crippen molar-refractivity contribution in [3.8, 4) is 0 Å². The van der Waals surface area contributed by atoms with Crippen LogP contribution in [0.3, 0.4) is 0 Å². The number of piperazine rings is 1. The molecular formula is C16H21N5O2. The summed E-state index contributed by atoms with van der Waals surface area (Å²) < 4.78 is 6.76. The van der Waals surface area contributed by atoms with Crippen LogP contribution in [0.25, 0.3) is 0 Å². The molecular weight excluding hydrogens is 294 g/mol. The molecule has 0 amide bonds. The fraction of sp³-hybridized carbons (Fsp3) is 0.562. The molecule has 2 aromatic rings. The average molecular weight is 315 g/mol. The number of aromatic nitrogens is 3. The second-order valence-electron chi connectivity index (χ2n) is 6.43. The number of hydrogen-bond acceptors (Lipinski definition) is 6. The van der Waals surface area contributed by atoms with Crippen LogP contribution in [0.5, 0.6) is 0 Å². The summed E-state index contributed by atoms with van der Waals surface area (Å²) in [7, 11) is 1.66. The normalized spacial score (nSPS) is 19.3. The van der Waals surface area contributed by atoms with E-state index < -0.39 is 0 Å². The predicted molar refractivity (Wildman–Crippen MR) is 85.4 cm³/mol. The largest absolute Gasteiger partial charge is 0.368 e. The first-order valence-electron chi connectivity index (χ1n) is 8.15. The van der Waals surface area contributed by atoms with Gasteiger partial charge in [0.25, 0.3) is 5.56 Å². The van der Waals surface area contributed by atoms with Crippen LogP contribution in [0.4, 0.5) is 5.69 Å². The summed E-state index contributed by atoms with van der Waals surface area (Å²) in [5, 5.41) is 8.28. The summed E-state index contributed by atoms with van der Waals surface area (Å²) in [6.45, 7) is 4.50. The Bertz CT molecular complexity index is 741. The van der Waals surface area contributed by atoms with Crippen molar-refractivity contribution in [2.75, 3.05) is 31.1 Å². The van der Waals surface area contributed by atoms with Gasteiger partial charge in [-0.1, -0.05) is 5.16 Å². The van der Waals surface area contributed by atoms with Crippen molar-refractivity contribution in [1.82, 2.24) is 19.8 Å². The zero-order chi connectivity index (χ0) is 15.8. The Morgan fingerprint density at radius 1 is 1.22 bits per heavy atom. The van der Waals surface area contributed by atoms with Crippen molar-refractivity contribution in [3.63, 3.8) is 0 Å². The minimum atomic E-state index is -0.0693. The molecule has 1 saturated carbocycles. The minimum Gasteiger partial charge on any atom is -0.368 e. The van der Waals surface area contributed by atoms with Gasteiger partial charge in [-0.3, -0.25) is 9.69 Å². The molecule has 0 spiro atoms.